The maximum Gasteiger partial charge on any atom is 0.0494 e. The Kier molecular flexibility index (Phi) is 4.18. The van der Waals surface area contributed by atoms with Crippen LogP contribution in [0.25, 0.3) is 0 Å². The van der Waals surface area contributed by atoms with Crippen molar-refractivity contribution >= 4 is 17.3 Å². The highest BCUT2D eigenvalue weighted by molar-refractivity contribution is 6.17. The number of rotatable bonds is 3. The van der Waals surface area contributed by atoms with E-state index in [0.717, 1.165) is 13.1 Å². The number of nitrogens with zero attached hydrogens (tertiary/aromatic N) is 2. The lowest BCUT2D eigenvalue weighted by atomic mass is 10.1. The number of aryl methyl sites for hydroxylation is 1. The molecule has 2 unspecified atom stereocenters. The van der Waals surface area contributed by atoms with Crippen LogP contribution in [0.3, 0.4) is 0 Å². The Balaban J connectivity index is 2.23. The number of halogens is 1. The molecule has 0 saturated carbocycles. The second-order valence-electron chi connectivity index (χ2n) is 5.68. The molecule has 1 heterocycles. The van der Waals surface area contributed by atoms with E-state index in [4.69, 9.17) is 11.6 Å². The van der Waals surface area contributed by atoms with E-state index < -0.39 is 0 Å². The van der Waals surface area contributed by atoms with Crippen LogP contribution in [0.1, 0.15) is 18.1 Å². The topological polar surface area (TPSA) is 6.48 Å². The summed E-state index contributed by atoms with van der Waals surface area (Å²) in [6, 6.07) is 7.24. The maximum atomic E-state index is 6.08. The zero-order chi connectivity index (χ0) is 13.3. The van der Waals surface area contributed by atoms with Gasteiger partial charge in [0.15, 0.2) is 0 Å². The van der Waals surface area contributed by atoms with E-state index in [1.165, 1.54) is 16.8 Å². The summed E-state index contributed by atoms with van der Waals surface area (Å²) >= 11 is 6.08. The highest BCUT2D eigenvalue weighted by Crippen LogP contribution is 2.30. The Labute approximate surface area is 116 Å². The van der Waals surface area contributed by atoms with Crippen LogP contribution >= 0.6 is 11.6 Å². The molecule has 0 aromatic heterocycles. The summed E-state index contributed by atoms with van der Waals surface area (Å²) in [6.45, 7) is 6.67. The van der Waals surface area contributed by atoms with Crippen LogP contribution in [-0.2, 0) is 5.88 Å². The molecule has 1 aliphatic rings. The van der Waals surface area contributed by atoms with Crippen molar-refractivity contribution < 1.29 is 0 Å². The molecule has 1 fully saturated rings. The molecule has 2 rings (SSSR count). The van der Waals surface area contributed by atoms with E-state index >= 15 is 0 Å². The van der Waals surface area contributed by atoms with Crippen molar-refractivity contribution in [2.24, 2.45) is 5.92 Å². The van der Waals surface area contributed by atoms with Gasteiger partial charge in [-0.1, -0.05) is 24.6 Å². The van der Waals surface area contributed by atoms with Crippen molar-refractivity contribution in [3.05, 3.63) is 29.3 Å². The molecule has 0 amide bonds. The highest BCUT2D eigenvalue weighted by atomic mass is 35.5. The minimum absolute atomic E-state index is 0.592. The van der Waals surface area contributed by atoms with Gasteiger partial charge < -0.3 is 9.80 Å². The monoisotopic (exact) mass is 266 g/mol. The molecule has 0 radical (unpaired) electrons. The fourth-order valence-corrected chi connectivity index (χ4v) is 3.16. The van der Waals surface area contributed by atoms with E-state index in [1.807, 2.05) is 0 Å². The first-order valence-electron chi connectivity index (χ1n) is 6.59. The number of benzene rings is 1. The standard InChI is InChI=1S/C15H23ClN2/c1-11-5-6-14(13(7-11)8-16)18-9-12(2)15(10-18)17(3)4/h5-7,12,15H,8-10H2,1-4H3. The zero-order valence-corrected chi connectivity index (χ0v) is 12.5. The molecule has 1 aromatic carbocycles. The third kappa shape index (κ3) is 2.65. The van der Waals surface area contributed by atoms with Gasteiger partial charge >= 0.3 is 0 Å². The molecule has 1 saturated heterocycles. The summed E-state index contributed by atoms with van der Waals surface area (Å²) in [6.07, 6.45) is 0. The number of alkyl halides is 1. The van der Waals surface area contributed by atoms with Crippen LogP contribution in [0.4, 0.5) is 5.69 Å². The summed E-state index contributed by atoms with van der Waals surface area (Å²) in [5.74, 6) is 1.29. The Bertz CT molecular complexity index is 417. The van der Waals surface area contributed by atoms with Crippen LogP contribution in [0.2, 0.25) is 0 Å². The molecule has 1 aliphatic heterocycles. The number of hydrogen-bond donors (Lipinski definition) is 0. The van der Waals surface area contributed by atoms with Gasteiger partial charge in [-0.3, -0.25) is 0 Å². The molecular weight excluding hydrogens is 244 g/mol. The molecule has 0 bridgehead atoms. The molecule has 0 aliphatic carbocycles. The Morgan fingerprint density at radius 1 is 1.33 bits per heavy atom. The lowest BCUT2D eigenvalue weighted by Crippen LogP contribution is -2.34. The van der Waals surface area contributed by atoms with Crippen LogP contribution in [0.5, 0.6) is 0 Å². The fourth-order valence-electron chi connectivity index (χ4n) is 2.95. The summed E-state index contributed by atoms with van der Waals surface area (Å²) in [4.78, 5) is 4.81. The fraction of sp³-hybridized carbons (Fsp3) is 0.600. The summed E-state index contributed by atoms with van der Waals surface area (Å²) in [5.41, 5.74) is 3.85. The van der Waals surface area contributed by atoms with Gasteiger partial charge in [-0.25, -0.2) is 0 Å². The SMILES string of the molecule is Cc1ccc(N2CC(C)C(N(C)C)C2)c(CCl)c1. The number of likely N-dealkylation sites (N-methyl/N-ethyl adjacent to an activating group) is 1. The molecule has 2 nitrogen and oxygen atoms in total. The average Bonchev–Trinajstić information content (AvgIpc) is 2.71. The van der Waals surface area contributed by atoms with E-state index in [0.29, 0.717) is 17.8 Å². The van der Waals surface area contributed by atoms with Crippen molar-refractivity contribution in [3.8, 4) is 0 Å². The Morgan fingerprint density at radius 2 is 2.06 bits per heavy atom. The second kappa shape index (κ2) is 5.50. The maximum absolute atomic E-state index is 6.08. The van der Waals surface area contributed by atoms with Crippen molar-refractivity contribution in [2.75, 3.05) is 32.1 Å². The van der Waals surface area contributed by atoms with Gasteiger partial charge in [-0.2, -0.15) is 0 Å². The normalized spacial score (nSPS) is 24.0. The lowest BCUT2D eigenvalue weighted by molar-refractivity contribution is 0.266. The van der Waals surface area contributed by atoms with Crippen molar-refractivity contribution in [1.29, 1.82) is 0 Å². The van der Waals surface area contributed by atoms with E-state index in [1.54, 1.807) is 0 Å². The van der Waals surface area contributed by atoms with Gasteiger partial charge in [-0.15, -0.1) is 11.6 Å². The molecule has 1 aromatic rings. The van der Waals surface area contributed by atoms with Gasteiger partial charge in [-0.05, 0) is 38.6 Å². The largest absolute Gasteiger partial charge is 0.369 e. The van der Waals surface area contributed by atoms with Crippen LogP contribution in [-0.4, -0.2) is 38.1 Å². The Hall–Kier alpha value is -0.730. The van der Waals surface area contributed by atoms with Gasteiger partial charge in [0, 0.05) is 30.7 Å². The van der Waals surface area contributed by atoms with Crippen LogP contribution in [0.15, 0.2) is 18.2 Å². The predicted molar refractivity (Wildman–Crippen MR) is 79.6 cm³/mol. The third-order valence-electron chi connectivity index (χ3n) is 3.96. The smallest absolute Gasteiger partial charge is 0.0494 e. The van der Waals surface area contributed by atoms with Crippen molar-refractivity contribution in [2.45, 2.75) is 25.8 Å². The molecule has 3 heteroatoms. The second-order valence-corrected chi connectivity index (χ2v) is 5.95. The molecule has 18 heavy (non-hydrogen) atoms. The minimum atomic E-state index is 0.592. The third-order valence-corrected chi connectivity index (χ3v) is 4.24. The van der Waals surface area contributed by atoms with Crippen molar-refractivity contribution in [3.63, 3.8) is 0 Å². The van der Waals surface area contributed by atoms with Gasteiger partial charge in [0.25, 0.3) is 0 Å². The molecule has 0 N–H and O–H groups in total. The highest BCUT2D eigenvalue weighted by Gasteiger charge is 2.31. The number of hydrogen-bond acceptors (Lipinski definition) is 2. The molecule has 0 spiro atoms. The van der Waals surface area contributed by atoms with E-state index in [-0.39, 0.29) is 0 Å². The predicted octanol–water partition coefficient (Wildman–Crippen LogP) is 3.12. The summed E-state index contributed by atoms with van der Waals surface area (Å²) < 4.78 is 0. The van der Waals surface area contributed by atoms with Crippen molar-refractivity contribution in [1.82, 2.24) is 4.90 Å². The average molecular weight is 267 g/mol. The molecular formula is C15H23ClN2. The van der Waals surface area contributed by atoms with Gasteiger partial charge in [0.05, 0.1) is 0 Å². The zero-order valence-electron chi connectivity index (χ0n) is 11.8. The number of anilines is 1. The van der Waals surface area contributed by atoms with Crippen LogP contribution < -0.4 is 4.90 Å². The summed E-state index contributed by atoms with van der Waals surface area (Å²) in [5, 5.41) is 0. The first kappa shape index (κ1) is 13.7. The molecule has 100 valence electrons. The summed E-state index contributed by atoms with van der Waals surface area (Å²) in [7, 11) is 4.34. The van der Waals surface area contributed by atoms with E-state index in [9.17, 15) is 0 Å². The Morgan fingerprint density at radius 3 is 2.61 bits per heavy atom. The minimum Gasteiger partial charge on any atom is -0.369 e. The quantitative estimate of drug-likeness (QED) is 0.776. The molecule has 2 atom stereocenters. The first-order valence-corrected chi connectivity index (χ1v) is 7.13. The first-order chi connectivity index (χ1) is 8.52. The van der Waals surface area contributed by atoms with Gasteiger partial charge in [0.1, 0.15) is 0 Å². The van der Waals surface area contributed by atoms with Crippen LogP contribution in [0, 0.1) is 12.8 Å². The van der Waals surface area contributed by atoms with Gasteiger partial charge in [0.2, 0.25) is 0 Å². The van der Waals surface area contributed by atoms with E-state index in [2.05, 4.69) is 55.9 Å². The lowest BCUT2D eigenvalue weighted by Gasteiger charge is -2.24.